The molecule has 1 aliphatic rings. The van der Waals surface area contributed by atoms with Crippen LogP contribution in [-0.2, 0) is 9.47 Å². The summed E-state index contributed by atoms with van der Waals surface area (Å²) in [6.07, 6.45) is 1.84. The van der Waals surface area contributed by atoms with Crippen molar-refractivity contribution >= 4 is 6.09 Å². The molecule has 0 radical (unpaired) electrons. The molecule has 0 saturated heterocycles. The Morgan fingerprint density at radius 3 is 2.36 bits per heavy atom. The number of hydrogen-bond donors (Lipinski definition) is 0. The van der Waals surface area contributed by atoms with Gasteiger partial charge in [0.25, 0.3) is 0 Å². The Morgan fingerprint density at radius 1 is 1.43 bits per heavy atom. The highest BCUT2D eigenvalue weighted by atomic mass is 16.6. The molecule has 0 heterocycles. The Bertz CT molecular complexity index is 206. The lowest BCUT2D eigenvalue weighted by molar-refractivity contribution is -0.00549. The van der Waals surface area contributed by atoms with Crippen LogP contribution in [0.1, 0.15) is 33.6 Å². The van der Waals surface area contributed by atoms with Crippen molar-refractivity contribution in [2.45, 2.75) is 45.3 Å². The summed E-state index contributed by atoms with van der Waals surface area (Å²) in [7, 11) is 1.58. The first-order valence-electron chi connectivity index (χ1n) is 4.92. The van der Waals surface area contributed by atoms with Gasteiger partial charge in [0.2, 0.25) is 0 Å². The minimum atomic E-state index is -0.433. The van der Waals surface area contributed by atoms with E-state index in [0.29, 0.717) is 12.8 Å². The molecule has 0 aromatic carbocycles. The molecule has 0 spiro atoms. The van der Waals surface area contributed by atoms with Crippen LogP contribution < -0.4 is 0 Å². The van der Waals surface area contributed by atoms with Crippen LogP contribution >= 0.6 is 0 Å². The molecule has 0 atom stereocenters. The molecule has 1 aliphatic carbocycles. The summed E-state index contributed by atoms with van der Waals surface area (Å²) >= 11 is 0. The second-order valence-electron chi connectivity index (χ2n) is 4.60. The lowest BCUT2D eigenvalue weighted by Crippen LogP contribution is -2.39. The third-order valence-electron chi connectivity index (χ3n) is 1.88. The van der Waals surface area contributed by atoms with Crippen LogP contribution in [0, 0.1) is 0 Å². The van der Waals surface area contributed by atoms with E-state index in [1.807, 2.05) is 20.8 Å². The van der Waals surface area contributed by atoms with Crippen molar-refractivity contribution in [2.75, 3.05) is 13.8 Å². The van der Waals surface area contributed by atoms with Gasteiger partial charge in [-0.3, -0.25) is 4.90 Å². The van der Waals surface area contributed by atoms with E-state index in [1.54, 1.807) is 12.0 Å². The lowest BCUT2D eigenvalue weighted by atomic mass is 10.2. The maximum atomic E-state index is 11.7. The van der Waals surface area contributed by atoms with Crippen LogP contribution in [-0.4, -0.2) is 36.5 Å². The van der Waals surface area contributed by atoms with Gasteiger partial charge in [-0.1, -0.05) is 0 Å². The summed E-state index contributed by atoms with van der Waals surface area (Å²) in [5.74, 6) is 0. The summed E-state index contributed by atoms with van der Waals surface area (Å²) in [5, 5.41) is 0. The van der Waals surface area contributed by atoms with E-state index in [-0.39, 0.29) is 6.09 Å². The Kier molecular flexibility index (Phi) is 3.37. The van der Waals surface area contributed by atoms with E-state index in [0.717, 1.165) is 12.8 Å². The highest BCUT2D eigenvalue weighted by Gasteiger charge is 2.34. The maximum Gasteiger partial charge on any atom is 0.412 e. The Balaban J connectivity index is 2.46. The molecule has 0 aliphatic heterocycles. The number of carbonyl (C=O) groups excluding carboxylic acids is 1. The van der Waals surface area contributed by atoms with Crippen LogP contribution in [0.5, 0.6) is 0 Å². The lowest BCUT2D eigenvalue weighted by Gasteiger charge is -2.26. The molecule has 1 saturated carbocycles. The van der Waals surface area contributed by atoms with Crippen molar-refractivity contribution in [1.29, 1.82) is 0 Å². The van der Waals surface area contributed by atoms with Gasteiger partial charge in [0.1, 0.15) is 12.3 Å². The third kappa shape index (κ3) is 3.54. The smallest absolute Gasteiger partial charge is 0.412 e. The van der Waals surface area contributed by atoms with Crippen molar-refractivity contribution in [3.05, 3.63) is 0 Å². The van der Waals surface area contributed by atoms with Crippen LogP contribution in [0.15, 0.2) is 0 Å². The molecule has 4 nitrogen and oxygen atoms in total. The molecule has 0 unspecified atom stereocenters. The molecule has 1 fully saturated rings. The zero-order valence-electron chi connectivity index (χ0n) is 9.37. The molecule has 14 heavy (non-hydrogen) atoms. The van der Waals surface area contributed by atoms with Crippen molar-refractivity contribution in [2.24, 2.45) is 0 Å². The van der Waals surface area contributed by atoms with Crippen molar-refractivity contribution < 1.29 is 14.3 Å². The van der Waals surface area contributed by atoms with Gasteiger partial charge in [-0.2, -0.15) is 0 Å². The summed E-state index contributed by atoms with van der Waals surface area (Å²) in [6.45, 7) is 5.91. The number of nitrogens with zero attached hydrogens (tertiary/aromatic N) is 1. The average Bonchev–Trinajstić information content (AvgIpc) is 2.78. The largest absolute Gasteiger partial charge is 0.444 e. The first kappa shape index (κ1) is 11.3. The molecule has 0 aromatic rings. The highest BCUT2D eigenvalue weighted by molar-refractivity contribution is 5.68. The normalized spacial score (nSPS) is 16.6. The van der Waals surface area contributed by atoms with Crippen LogP contribution in [0.2, 0.25) is 0 Å². The standard InChI is InChI=1S/C10H19NO3/c1-10(2,3)14-9(12)11(7-13-4)8-5-6-8/h8H,5-7H2,1-4H3. The highest BCUT2D eigenvalue weighted by Crippen LogP contribution is 2.28. The topological polar surface area (TPSA) is 38.8 Å². The predicted molar refractivity (Wildman–Crippen MR) is 53.0 cm³/mol. The number of rotatable bonds is 3. The zero-order chi connectivity index (χ0) is 10.8. The molecular weight excluding hydrogens is 182 g/mol. The van der Waals surface area contributed by atoms with E-state index in [9.17, 15) is 4.79 Å². The fourth-order valence-electron chi connectivity index (χ4n) is 1.15. The van der Waals surface area contributed by atoms with E-state index in [4.69, 9.17) is 9.47 Å². The molecule has 0 N–H and O–H groups in total. The average molecular weight is 201 g/mol. The Morgan fingerprint density at radius 2 is 2.00 bits per heavy atom. The predicted octanol–water partition coefficient (Wildman–Crippen LogP) is 1.99. The zero-order valence-corrected chi connectivity index (χ0v) is 9.37. The first-order valence-corrected chi connectivity index (χ1v) is 4.92. The van der Waals surface area contributed by atoms with Crippen LogP contribution in [0.4, 0.5) is 4.79 Å². The van der Waals surface area contributed by atoms with Crippen molar-refractivity contribution in [3.63, 3.8) is 0 Å². The van der Waals surface area contributed by atoms with Gasteiger partial charge in [0.05, 0.1) is 0 Å². The van der Waals surface area contributed by atoms with Gasteiger partial charge in [0.15, 0.2) is 0 Å². The minimum absolute atomic E-state index is 0.276. The molecule has 1 amide bonds. The fraction of sp³-hybridized carbons (Fsp3) is 0.900. The number of carbonyl (C=O) groups is 1. The quantitative estimate of drug-likeness (QED) is 0.655. The molecular formula is C10H19NO3. The summed E-state index contributed by atoms with van der Waals surface area (Å²) in [5.41, 5.74) is -0.433. The van der Waals surface area contributed by atoms with Crippen LogP contribution in [0.25, 0.3) is 0 Å². The van der Waals surface area contributed by atoms with E-state index in [2.05, 4.69) is 0 Å². The summed E-state index contributed by atoms with van der Waals surface area (Å²) in [6, 6.07) is 0.324. The SMILES string of the molecule is COCN(C(=O)OC(C)(C)C)C1CC1. The first-order chi connectivity index (χ1) is 6.44. The Labute approximate surface area is 85.2 Å². The molecule has 82 valence electrons. The fourth-order valence-corrected chi connectivity index (χ4v) is 1.15. The number of hydrogen-bond acceptors (Lipinski definition) is 3. The van der Waals surface area contributed by atoms with E-state index >= 15 is 0 Å². The molecule has 0 bridgehead atoms. The van der Waals surface area contributed by atoms with Gasteiger partial charge < -0.3 is 9.47 Å². The van der Waals surface area contributed by atoms with Gasteiger partial charge in [0, 0.05) is 13.2 Å². The number of amides is 1. The number of ether oxygens (including phenoxy) is 2. The Hall–Kier alpha value is -0.770. The summed E-state index contributed by atoms with van der Waals surface area (Å²) < 4.78 is 10.2. The van der Waals surface area contributed by atoms with Gasteiger partial charge >= 0.3 is 6.09 Å². The molecule has 1 rings (SSSR count). The number of methoxy groups -OCH3 is 1. The van der Waals surface area contributed by atoms with E-state index in [1.165, 1.54) is 0 Å². The maximum absolute atomic E-state index is 11.7. The molecule has 4 heteroatoms. The van der Waals surface area contributed by atoms with E-state index < -0.39 is 5.60 Å². The second kappa shape index (κ2) is 4.17. The van der Waals surface area contributed by atoms with Gasteiger partial charge in [-0.15, -0.1) is 0 Å². The summed E-state index contributed by atoms with van der Waals surface area (Å²) in [4.78, 5) is 13.3. The van der Waals surface area contributed by atoms with Crippen LogP contribution in [0.3, 0.4) is 0 Å². The second-order valence-corrected chi connectivity index (χ2v) is 4.60. The minimum Gasteiger partial charge on any atom is -0.444 e. The van der Waals surface area contributed by atoms with Gasteiger partial charge in [-0.05, 0) is 33.6 Å². The third-order valence-corrected chi connectivity index (χ3v) is 1.88. The monoisotopic (exact) mass is 201 g/mol. The molecule has 0 aromatic heterocycles. The van der Waals surface area contributed by atoms with Gasteiger partial charge in [-0.25, -0.2) is 4.79 Å². The van der Waals surface area contributed by atoms with Crippen molar-refractivity contribution in [3.8, 4) is 0 Å². The van der Waals surface area contributed by atoms with Crippen molar-refractivity contribution in [1.82, 2.24) is 4.90 Å².